The number of aromatic nitrogens is 4. The minimum absolute atomic E-state index is 0.159. The van der Waals surface area contributed by atoms with Crippen LogP contribution in [-0.2, 0) is 58.5 Å². The number of carbonyl (C=O) groups is 6. The van der Waals surface area contributed by atoms with Crippen LogP contribution in [-0.4, -0.2) is 221 Å². The van der Waals surface area contributed by atoms with Crippen LogP contribution in [0.4, 0.5) is 27.2 Å². The van der Waals surface area contributed by atoms with E-state index in [-0.39, 0.29) is 87.7 Å². The molecule has 4 aromatic carbocycles. The van der Waals surface area contributed by atoms with Crippen LogP contribution in [0, 0.1) is 23.3 Å². The van der Waals surface area contributed by atoms with E-state index in [4.69, 9.17) is 38.9 Å². The Labute approximate surface area is 794 Å². The minimum atomic E-state index is -3.71. The zero-order chi connectivity index (χ0) is 93.2. The molecule has 4 saturated heterocycles. The number of nitrogens with one attached hydrogen (secondary N) is 8. The van der Waals surface area contributed by atoms with Crippen LogP contribution >= 0.6 is 109 Å². The van der Waals surface area contributed by atoms with E-state index in [9.17, 15) is 63.2 Å². The topological polar surface area (TPSA) is 418 Å². The molecule has 12 heterocycles. The first-order valence-electron chi connectivity index (χ1n) is 40.1. The first kappa shape index (κ1) is 97.6. The summed E-state index contributed by atoms with van der Waals surface area (Å²) in [5.74, 6) is -1.52. The number of amidine groups is 4. The van der Waals surface area contributed by atoms with E-state index >= 15 is 0 Å². The molecule has 4 fully saturated rings. The normalized spacial score (nSPS) is 20.3. The number of thiazole rings is 4. The average Bonchev–Trinajstić information content (AvgIpc) is 1.63. The number of benzene rings is 4. The Bertz CT molecular complexity index is 5770. The van der Waals surface area contributed by atoms with Crippen molar-refractivity contribution >= 4 is 189 Å². The summed E-state index contributed by atoms with van der Waals surface area (Å²) in [6, 6.07) is 11.8. The number of urea groups is 2. The zero-order valence-corrected chi connectivity index (χ0v) is 81.4. The number of hydrogen-bond acceptors (Lipinski definition) is 30. The van der Waals surface area contributed by atoms with Crippen molar-refractivity contribution in [3.63, 3.8) is 0 Å². The molecule has 34 nitrogen and oxygen atoms in total. The summed E-state index contributed by atoms with van der Waals surface area (Å²) < 4.78 is 137. The quantitative estimate of drug-likeness (QED) is 0.0158. The van der Waals surface area contributed by atoms with E-state index < -0.39 is 104 Å². The number of carbonyl (C=O) groups excluding carboxylic acids is 6. The van der Waals surface area contributed by atoms with Gasteiger partial charge in [-0.3, -0.25) is 20.0 Å². The molecule has 16 rings (SSSR count). The van der Waals surface area contributed by atoms with Crippen molar-refractivity contribution in [2.24, 2.45) is 20.0 Å². The molecular weight excluding hydrogens is 2080 g/mol. The summed E-state index contributed by atoms with van der Waals surface area (Å²) in [4.78, 5) is 121. The first-order chi connectivity index (χ1) is 62.3. The number of nitrogens with zero attached hydrogens (tertiary/aromatic N) is 12. The lowest BCUT2D eigenvalue weighted by molar-refractivity contribution is -0.140. The number of ether oxygens (including phenoxy) is 4. The molecule has 0 bridgehead atoms. The Kier molecular flexibility index (Phi) is 32.4. The Morgan fingerprint density at radius 2 is 0.615 bits per heavy atom. The number of fused-ring (bicyclic) bond motifs is 4. The lowest BCUT2D eigenvalue weighted by atomic mass is 9.94. The van der Waals surface area contributed by atoms with Crippen molar-refractivity contribution in [2.45, 2.75) is 102 Å². The highest BCUT2D eigenvalue weighted by molar-refractivity contribution is 9.11. The summed E-state index contributed by atoms with van der Waals surface area (Å²) in [6.45, 7) is 8.99. The molecule has 8 atom stereocenters. The maximum Gasteiger partial charge on any atom is 0.338 e. The third-order valence-corrected chi connectivity index (χ3v) is 29.0. The second-order valence-electron chi connectivity index (χ2n) is 28.9. The summed E-state index contributed by atoms with van der Waals surface area (Å²) in [5.41, 5.74) is 6.39. The van der Waals surface area contributed by atoms with E-state index in [1.54, 1.807) is 90.8 Å². The summed E-state index contributed by atoms with van der Waals surface area (Å²) >= 11 is 19.2. The van der Waals surface area contributed by atoms with E-state index in [1.165, 1.54) is 108 Å². The maximum absolute atomic E-state index is 13.8. The second-order valence-corrected chi connectivity index (χ2v) is 39.2. The molecule has 4 aromatic heterocycles. The van der Waals surface area contributed by atoms with Crippen molar-refractivity contribution in [3.05, 3.63) is 248 Å². The molecular formula is C82H84Br4F4N20O14S6. The number of amides is 4. The van der Waals surface area contributed by atoms with E-state index in [0.29, 0.717) is 143 Å². The third-order valence-electron chi connectivity index (χ3n) is 20.8. The van der Waals surface area contributed by atoms with Gasteiger partial charge in [-0.2, -0.15) is 26.3 Å². The first-order valence-corrected chi connectivity index (χ1v) is 49.8. The van der Waals surface area contributed by atoms with E-state index in [0.717, 1.165) is 0 Å². The van der Waals surface area contributed by atoms with Crippen LogP contribution in [0.5, 0.6) is 0 Å². The van der Waals surface area contributed by atoms with E-state index in [1.807, 2.05) is 41.1 Å². The molecule has 0 aliphatic carbocycles. The Balaban J connectivity index is 0.000000148. The lowest BCUT2D eigenvalue weighted by Gasteiger charge is -2.31. The Hall–Kier alpha value is -9.96. The van der Waals surface area contributed by atoms with Crippen LogP contribution in [0.25, 0.3) is 0 Å². The molecule has 0 unspecified atom stereocenters. The number of hydrogen-bond donors (Lipinski definition) is 8. The van der Waals surface area contributed by atoms with Gasteiger partial charge in [0.15, 0.2) is 43.4 Å². The predicted octanol–water partition coefficient (Wildman–Crippen LogP) is 11.7. The fourth-order valence-corrected chi connectivity index (χ4v) is 21.7. The highest BCUT2D eigenvalue weighted by Crippen LogP contribution is 2.49. The summed E-state index contributed by atoms with van der Waals surface area (Å²) in [7, 11) is -1.69. The number of rotatable bonds is 24. The van der Waals surface area contributed by atoms with Crippen molar-refractivity contribution in [2.75, 3.05) is 80.8 Å². The van der Waals surface area contributed by atoms with Crippen molar-refractivity contribution in [1.82, 2.24) is 79.7 Å². The monoisotopic (exact) mass is 2160 g/mol. The smallest absolute Gasteiger partial charge is 0.338 e. The standard InChI is InChI=1S/2C21H21BrFN5O3S.2C20H21BrFN5O4S2/c2*1-3-31-20(29)16-15-9-12(26-21(30)24-2)10-28(15)18(19-25-6-7-32-19)27-17(16)13-5-4-11(23)8-14(13)22;2*1-3-31-20(28)16-15-9-12(26-33(29,30)23-2)10-27(15)18(19-24-6-7-32-19)25-17(16)13-5-4-11(22)8-14(13)21/h2*4-8,12,17H,3,9-10H2,1-2H3,(H2,24,26,30);2*4-8,12,17,23,26H,3,9-10H2,1-2H3/t12-,17+;12-,17-;12-,17+;12-,17-/m1010/s1. The zero-order valence-electron chi connectivity index (χ0n) is 70.2. The molecule has 8 aliphatic heterocycles. The lowest BCUT2D eigenvalue weighted by Crippen LogP contribution is -2.43. The van der Waals surface area contributed by atoms with E-state index in [2.05, 4.69) is 124 Å². The van der Waals surface area contributed by atoms with Gasteiger partial charge in [-0.15, -0.1) is 45.3 Å². The highest BCUT2D eigenvalue weighted by atomic mass is 79.9. The van der Waals surface area contributed by atoms with Gasteiger partial charge in [-0.1, -0.05) is 88.0 Å². The van der Waals surface area contributed by atoms with Crippen LogP contribution < -0.4 is 40.2 Å². The Morgan fingerprint density at radius 1 is 0.385 bits per heavy atom. The van der Waals surface area contributed by atoms with Gasteiger partial charge in [0.2, 0.25) is 0 Å². The van der Waals surface area contributed by atoms with Crippen LogP contribution in [0.3, 0.4) is 0 Å². The summed E-state index contributed by atoms with van der Waals surface area (Å²) in [5, 5.41) is 20.9. The average molecular weight is 2160 g/mol. The summed E-state index contributed by atoms with van der Waals surface area (Å²) in [6.07, 6.45) is 7.99. The maximum atomic E-state index is 13.8. The molecule has 0 spiro atoms. The predicted molar refractivity (Wildman–Crippen MR) is 494 cm³/mol. The number of esters is 4. The molecule has 8 N–H and O–H groups in total. The third kappa shape index (κ3) is 22.2. The van der Waals surface area contributed by atoms with Gasteiger partial charge in [0.25, 0.3) is 20.4 Å². The van der Waals surface area contributed by atoms with Crippen molar-refractivity contribution < 1.29 is 82.1 Å². The SMILES string of the molecule is CCOC(=O)C1=C2C[C@@H](NC(=O)NC)CN2C(c2nccs2)=N[C@H]1c1ccc(F)cc1Br.CCOC(=O)C1=C2C[C@@H](NS(=O)(=O)NC)CN2C(c2nccs2)=N[C@H]1c1ccc(F)cc1Br.CCOC(=O)C1=C2C[C@H](NC(=O)NC)CN2C(c2nccs2)=N[C@H]1c1ccc(F)cc1Br.CCOC(=O)C1=C2C[C@H](NS(=O)(=O)NC)CN2C(c2nccs2)=N[C@H]1c1ccc(F)cc1Br. The van der Waals surface area contributed by atoms with Crippen LogP contribution in [0.15, 0.2) is 202 Å². The van der Waals surface area contributed by atoms with Gasteiger partial charge in [0, 0.05) is 179 Å². The molecule has 688 valence electrons. The van der Waals surface area contributed by atoms with Crippen LogP contribution in [0.2, 0.25) is 0 Å². The van der Waals surface area contributed by atoms with Crippen molar-refractivity contribution in [1.29, 1.82) is 0 Å². The van der Waals surface area contributed by atoms with Crippen molar-refractivity contribution in [3.8, 4) is 0 Å². The molecule has 130 heavy (non-hydrogen) atoms. The fraction of sp³-hybridized carbons (Fsp3) is 0.341. The Morgan fingerprint density at radius 3 is 0.815 bits per heavy atom. The minimum Gasteiger partial charge on any atom is -0.463 e. The largest absolute Gasteiger partial charge is 0.463 e. The molecule has 48 heteroatoms. The molecule has 8 aliphatic rings. The van der Waals surface area contributed by atoms with Gasteiger partial charge < -0.3 is 59.8 Å². The van der Waals surface area contributed by atoms with Gasteiger partial charge in [0.1, 0.15) is 47.4 Å². The molecule has 4 amide bonds. The fourth-order valence-electron chi connectivity index (χ4n) is 15.5. The number of halogens is 8. The van der Waals surface area contributed by atoms with Gasteiger partial charge in [-0.05, 0) is 98.5 Å². The molecule has 8 aromatic rings. The second kappa shape index (κ2) is 43.2. The van der Waals surface area contributed by atoms with Gasteiger partial charge in [0.05, 0.1) is 60.8 Å². The molecule has 0 radical (unpaired) electrons. The highest BCUT2D eigenvalue weighted by Gasteiger charge is 2.49. The van der Waals surface area contributed by atoms with Gasteiger partial charge >= 0.3 is 35.9 Å². The molecule has 0 saturated carbocycles. The van der Waals surface area contributed by atoms with Gasteiger partial charge in [-0.25, -0.2) is 75.7 Å². The van der Waals surface area contributed by atoms with Crippen LogP contribution in [0.1, 0.15) is 120 Å². The number of aliphatic imine (C=N–C) groups is 4.